The highest BCUT2D eigenvalue weighted by Gasteiger charge is 2.29. The van der Waals surface area contributed by atoms with Crippen LogP contribution in [0.5, 0.6) is 0 Å². The van der Waals surface area contributed by atoms with Gasteiger partial charge in [-0.25, -0.2) is 8.42 Å². The second-order valence-corrected chi connectivity index (χ2v) is 11.4. The van der Waals surface area contributed by atoms with E-state index in [-0.39, 0.29) is 31.3 Å². The van der Waals surface area contributed by atoms with E-state index < -0.39 is 16.1 Å². The van der Waals surface area contributed by atoms with Crippen molar-refractivity contribution in [3.05, 3.63) is 64.2 Å². The summed E-state index contributed by atoms with van der Waals surface area (Å²) in [5.74, 6) is -0.421. The third-order valence-electron chi connectivity index (χ3n) is 6.02. The standard InChI is InChI=1S/C27H38ClN3O4S/c1-6-16-29-27(33)24(7-2)30(19-22-11-8-9-12-23(22)28)26(32)13-10-17-31(36(5,34)35)25-18-20(3)14-15-21(25)4/h8-9,11-12,14-15,18,24H,6-7,10,13,16-17,19H2,1-5H3,(H,29,33)/t24-/m0/s1. The van der Waals surface area contributed by atoms with Crippen molar-refractivity contribution in [3.8, 4) is 0 Å². The molecule has 0 spiro atoms. The molecular formula is C27H38ClN3O4S. The minimum absolute atomic E-state index is 0.0961. The third-order valence-corrected chi connectivity index (χ3v) is 7.57. The first-order valence-corrected chi connectivity index (χ1v) is 14.6. The SMILES string of the molecule is CCCNC(=O)[C@H](CC)N(Cc1ccccc1Cl)C(=O)CCCN(c1cc(C)ccc1C)S(C)(=O)=O. The maximum absolute atomic E-state index is 13.5. The van der Waals surface area contributed by atoms with Crippen LogP contribution in [0.4, 0.5) is 5.69 Å². The Hall–Kier alpha value is -2.58. The lowest BCUT2D eigenvalue weighted by Gasteiger charge is -2.31. The first-order valence-electron chi connectivity index (χ1n) is 12.3. The van der Waals surface area contributed by atoms with Crippen LogP contribution in [0.1, 0.15) is 56.2 Å². The van der Waals surface area contributed by atoms with Gasteiger partial charge >= 0.3 is 0 Å². The molecule has 9 heteroatoms. The number of anilines is 1. The van der Waals surface area contributed by atoms with Crippen molar-refractivity contribution in [2.75, 3.05) is 23.7 Å². The van der Waals surface area contributed by atoms with Gasteiger partial charge in [-0.15, -0.1) is 0 Å². The molecular weight excluding hydrogens is 498 g/mol. The summed E-state index contributed by atoms with van der Waals surface area (Å²) in [5.41, 5.74) is 3.16. The third kappa shape index (κ3) is 8.23. The van der Waals surface area contributed by atoms with Crippen LogP contribution in [0.2, 0.25) is 5.02 Å². The molecule has 36 heavy (non-hydrogen) atoms. The molecule has 1 N–H and O–H groups in total. The number of nitrogens with zero attached hydrogens (tertiary/aromatic N) is 2. The summed E-state index contributed by atoms with van der Waals surface area (Å²) in [6.07, 6.45) is 2.82. The summed E-state index contributed by atoms with van der Waals surface area (Å²) < 4.78 is 26.5. The summed E-state index contributed by atoms with van der Waals surface area (Å²) in [6, 6.07) is 12.3. The number of sulfonamides is 1. The van der Waals surface area contributed by atoms with Gasteiger partial charge in [-0.1, -0.05) is 55.8 Å². The zero-order valence-corrected chi connectivity index (χ0v) is 23.5. The van der Waals surface area contributed by atoms with Crippen LogP contribution in [0.25, 0.3) is 0 Å². The van der Waals surface area contributed by atoms with E-state index in [1.807, 2.05) is 64.1 Å². The zero-order valence-electron chi connectivity index (χ0n) is 21.9. The fraction of sp³-hybridized carbons (Fsp3) is 0.481. The van der Waals surface area contributed by atoms with Gasteiger partial charge in [0.25, 0.3) is 0 Å². The van der Waals surface area contributed by atoms with Gasteiger partial charge in [0.1, 0.15) is 6.04 Å². The summed E-state index contributed by atoms with van der Waals surface area (Å²) >= 11 is 6.36. The van der Waals surface area contributed by atoms with Crippen LogP contribution in [0.3, 0.4) is 0 Å². The highest BCUT2D eigenvalue weighted by Crippen LogP contribution is 2.25. The number of nitrogens with one attached hydrogen (secondary N) is 1. The molecule has 0 aliphatic rings. The van der Waals surface area contributed by atoms with Gasteiger partial charge in [-0.2, -0.15) is 0 Å². The molecule has 0 aliphatic heterocycles. The summed E-state index contributed by atoms with van der Waals surface area (Å²) in [6.45, 7) is 8.50. The predicted molar refractivity (Wildman–Crippen MR) is 147 cm³/mol. The molecule has 0 bridgehead atoms. The van der Waals surface area contributed by atoms with Crippen molar-refractivity contribution in [1.82, 2.24) is 10.2 Å². The van der Waals surface area contributed by atoms with E-state index >= 15 is 0 Å². The van der Waals surface area contributed by atoms with E-state index in [0.29, 0.717) is 30.1 Å². The van der Waals surface area contributed by atoms with Gasteiger partial charge in [0.05, 0.1) is 11.9 Å². The molecule has 0 radical (unpaired) electrons. The number of benzene rings is 2. The average Bonchev–Trinajstić information content (AvgIpc) is 2.82. The van der Waals surface area contributed by atoms with E-state index in [4.69, 9.17) is 11.6 Å². The maximum Gasteiger partial charge on any atom is 0.242 e. The van der Waals surface area contributed by atoms with Crippen LogP contribution in [-0.4, -0.2) is 50.5 Å². The molecule has 0 saturated heterocycles. The van der Waals surface area contributed by atoms with Crippen molar-refractivity contribution in [3.63, 3.8) is 0 Å². The van der Waals surface area contributed by atoms with E-state index in [0.717, 1.165) is 23.1 Å². The Morgan fingerprint density at radius 2 is 1.78 bits per heavy atom. The van der Waals surface area contributed by atoms with Crippen LogP contribution in [0, 0.1) is 13.8 Å². The number of amides is 2. The lowest BCUT2D eigenvalue weighted by Crippen LogP contribution is -2.49. The number of hydrogen-bond acceptors (Lipinski definition) is 4. The molecule has 0 aromatic heterocycles. The van der Waals surface area contributed by atoms with Crippen molar-refractivity contribution >= 4 is 39.1 Å². The number of hydrogen-bond donors (Lipinski definition) is 1. The zero-order chi connectivity index (χ0) is 26.9. The van der Waals surface area contributed by atoms with E-state index in [1.165, 1.54) is 10.6 Å². The quantitative estimate of drug-likeness (QED) is 0.398. The second-order valence-electron chi connectivity index (χ2n) is 9.06. The molecule has 2 amide bonds. The fourth-order valence-corrected chi connectivity index (χ4v) is 5.28. The first kappa shape index (κ1) is 29.6. The molecule has 0 aliphatic carbocycles. The monoisotopic (exact) mass is 535 g/mol. The van der Waals surface area contributed by atoms with Gasteiger partial charge < -0.3 is 10.2 Å². The molecule has 2 aromatic rings. The average molecular weight is 536 g/mol. The fourth-order valence-electron chi connectivity index (χ4n) is 4.07. The number of carbonyl (C=O) groups excluding carboxylic acids is 2. The van der Waals surface area contributed by atoms with Gasteiger partial charge in [0, 0.05) is 31.1 Å². The lowest BCUT2D eigenvalue weighted by atomic mass is 10.1. The summed E-state index contributed by atoms with van der Waals surface area (Å²) in [5, 5.41) is 3.42. The number of halogens is 1. The topological polar surface area (TPSA) is 86.8 Å². The highest BCUT2D eigenvalue weighted by atomic mass is 35.5. The number of aryl methyl sites for hydroxylation is 2. The molecule has 0 heterocycles. The summed E-state index contributed by atoms with van der Waals surface area (Å²) in [7, 11) is -3.55. The molecule has 2 aromatic carbocycles. The lowest BCUT2D eigenvalue weighted by molar-refractivity contribution is -0.141. The predicted octanol–water partition coefficient (Wildman–Crippen LogP) is 4.84. The van der Waals surface area contributed by atoms with Gasteiger partial charge in [0.15, 0.2) is 0 Å². The Kier molecular flexibility index (Phi) is 11.2. The molecule has 1 atom stereocenters. The molecule has 2 rings (SSSR count). The van der Waals surface area contributed by atoms with E-state index in [1.54, 1.807) is 11.0 Å². The second kappa shape index (κ2) is 13.7. The molecule has 0 fully saturated rings. The van der Waals surface area contributed by atoms with Crippen molar-refractivity contribution in [2.24, 2.45) is 0 Å². The van der Waals surface area contributed by atoms with Gasteiger partial charge in [0.2, 0.25) is 21.8 Å². The Bertz CT molecular complexity index is 1150. The van der Waals surface area contributed by atoms with E-state index in [9.17, 15) is 18.0 Å². The van der Waals surface area contributed by atoms with Crippen LogP contribution in [-0.2, 0) is 26.2 Å². The smallest absolute Gasteiger partial charge is 0.242 e. The van der Waals surface area contributed by atoms with Crippen LogP contribution in [0.15, 0.2) is 42.5 Å². The molecule has 0 saturated carbocycles. The Morgan fingerprint density at radius 3 is 2.39 bits per heavy atom. The largest absolute Gasteiger partial charge is 0.354 e. The van der Waals surface area contributed by atoms with Gasteiger partial charge in [-0.05, 0) is 61.9 Å². The first-order chi connectivity index (χ1) is 17.0. The van der Waals surface area contributed by atoms with Crippen molar-refractivity contribution in [2.45, 2.75) is 66.0 Å². The normalized spacial score (nSPS) is 12.2. The number of rotatable bonds is 13. The minimum atomic E-state index is -3.55. The Labute approximate surface area is 220 Å². The van der Waals surface area contributed by atoms with Crippen LogP contribution < -0.4 is 9.62 Å². The molecule has 0 unspecified atom stereocenters. The summed E-state index contributed by atoms with van der Waals surface area (Å²) in [4.78, 5) is 27.9. The molecule has 198 valence electrons. The highest BCUT2D eigenvalue weighted by molar-refractivity contribution is 7.92. The molecule has 7 nitrogen and oxygen atoms in total. The Morgan fingerprint density at radius 1 is 1.08 bits per heavy atom. The van der Waals surface area contributed by atoms with Gasteiger partial charge in [-0.3, -0.25) is 13.9 Å². The maximum atomic E-state index is 13.5. The Balaban J connectivity index is 2.25. The van der Waals surface area contributed by atoms with Crippen molar-refractivity contribution < 1.29 is 18.0 Å². The minimum Gasteiger partial charge on any atom is -0.354 e. The van der Waals surface area contributed by atoms with Crippen LogP contribution >= 0.6 is 11.6 Å². The number of carbonyl (C=O) groups is 2. The van der Waals surface area contributed by atoms with E-state index in [2.05, 4.69) is 5.32 Å². The van der Waals surface area contributed by atoms with Crippen molar-refractivity contribution in [1.29, 1.82) is 0 Å².